The van der Waals surface area contributed by atoms with Crippen molar-refractivity contribution in [3.05, 3.63) is 0 Å². The molecule has 0 N–H and O–H groups in total. The van der Waals surface area contributed by atoms with Gasteiger partial charge in [0.25, 0.3) is 0 Å². The van der Waals surface area contributed by atoms with E-state index in [2.05, 4.69) is 0 Å². The van der Waals surface area contributed by atoms with Crippen LogP contribution in [0.5, 0.6) is 0 Å². The first kappa shape index (κ1) is 13.7. The summed E-state index contributed by atoms with van der Waals surface area (Å²) in [6.45, 7) is 7.29. The Bertz CT molecular complexity index is 284. The van der Waals surface area contributed by atoms with Gasteiger partial charge in [-0.3, -0.25) is 0 Å². The van der Waals surface area contributed by atoms with Crippen molar-refractivity contribution >= 4 is 6.09 Å². The van der Waals surface area contributed by atoms with Gasteiger partial charge in [0, 0.05) is 25.3 Å². The standard InChI is InChI=1S/C14H25NO3/c1-14(2,3)18-13(16)15-11-5-4-6-12(15)8-10-17-9-7-11/h11-12H,4-10H2,1-3H3. The van der Waals surface area contributed by atoms with Crippen molar-refractivity contribution in [3.8, 4) is 0 Å². The van der Waals surface area contributed by atoms with Crippen LogP contribution in [0.1, 0.15) is 52.9 Å². The molecule has 0 spiro atoms. The lowest BCUT2D eigenvalue weighted by atomic mass is 9.92. The van der Waals surface area contributed by atoms with Gasteiger partial charge in [0.2, 0.25) is 0 Å². The minimum Gasteiger partial charge on any atom is -0.444 e. The molecule has 2 heterocycles. The van der Waals surface area contributed by atoms with Crippen molar-refractivity contribution in [3.63, 3.8) is 0 Å². The lowest BCUT2D eigenvalue weighted by Gasteiger charge is -2.43. The SMILES string of the molecule is CC(C)(C)OC(=O)N1C2CCCC1CCOCC2. The molecule has 0 aromatic carbocycles. The molecule has 2 atom stereocenters. The molecule has 18 heavy (non-hydrogen) atoms. The van der Waals surface area contributed by atoms with E-state index in [1.165, 1.54) is 6.42 Å². The minimum absolute atomic E-state index is 0.140. The summed E-state index contributed by atoms with van der Waals surface area (Å²) in [5.74, 6) is 0. The average Bonchev–Trinajstić information content (AvgIpc) is 2.24. The molecule has 2 aliphatic rings. The Morgan fingerprint density at radius 3 is 2.17 bits per heavy atom. The van der Waals surface area contributed by atoms with E-state index in [0.717, 1.165) is 38.9 Å². The van der Waals surface area contributed by atoms with Crippen LogP contribution in [-0.2, 0) is 9.47 Å². The lowest BCUT2D eigenvalue weighted by Crippen LogP contribution is -2.53. The molecule has 0 saturated carbocycles. The van der Waals surface area contributed by atoms with Crippen LogP contribution < -0.4 is 0 Å². The zero-order valence-corrected chi connectivity index (χ0v) is 11.8. The highest BCUT2D eigenvalue weighted by Gasteiger charge is 2.37. The minimum atomic E-state index is -0.412. The molecule has 2 fully saturated rings. The molecule has 0 aliphatic carbocycles. The maximum absolute atomic E-state index is 12.4. The Morgan fingerprint density at radius 2 is 1.67 bits per heavy atom. The quantitative estimate of drug-likeness (QED) is 0.668. The topological polar surface area (TPSA) is 38.8 Å². The third kappa shape index (κ3) is 3.37. The van der Waals surface area contributed by atoms with Gasteiger partial charge in [0.05, 0.1) is 0 Å². The van der Waals surface area contributed by atoms with Gasteiger partial charge >= 0.3 is 6.09 Å². The largest absolute Gasteiger partial charge is 0.444 e. The molecule has 2 aliphatic heterocycles. The fourth-order valence-corrected chi connectivity index (χ4v) is 2.89. The third-order valence-electron chi connectivity index (χ3n) is 3.66. The number of fused-ring (bicyclic) bond motifs is 2. The molecule has 4 nitrogen and oxygen atoms in total. The van der Waals surface area contributed by atoms with E-state index in [1.807, 2.05) is 25.7 Å². The van der Waals surface area contributed by atoms with Crippen LogP contribution in [0.25, 0.3) is 0 Å². The van der Waals surface area contributed by atoms with E-state index in [0.29, 0.717) is 12.1 Å². The molecule has 1 amide bonds. The van der Waals surface area contributed by atoms with E-state index in [1.54, 1.807) is 0 Å². The molecule has 2 rings (SSSR count). The van der Waals surface area contributed by atoms with Gasteiger partial charge in [-0.1, -0.05) is 0 Å². The smallest absolute Gasteiger partial charge is 0.410 e. The maximum atomic E-state index is 12.4. The van der Waals surface area contributed by atoms with Crippen LogP contribution >= 0.6 is 0 Å². The van der Waals surface area contributed by atoms with Gasteiger partial charge in [-0.05, 0) is 52.9 Å². The van der Waals surface area contributed by atoms with E-state index < -0.39 is 5.60 Å². The first-order chi connectivity index (χ1) is 8.47. The summed E-state index contributed by atoms with van der Waals surface area (Å²) in [5.41, 5.74) is -0.412. The van der Waals surface area contributed by atoms with E-state index in [4.69, 9.17) is 9.47 Å². The molecule has 104 valence electrons. The van der Waals surface area contributed by atoms with Gasteiger partial charge in [-0.2, -0.15) is 0 Å². The number of rotatable bonds is 0. The third-order valence-corrected chi connectivity index (χ3v) is 3.66. The van der Waals surface area contributed by atoms with Gasteiger partial charge in [0.1, 0.15) is 5.60 Å². The average molecular weight is 255 g/mol. The van der Waals surface area contributed by atoms with Crippen LogP contribution in [0.3, 0.4) is 0 Å². The van der Waals surface area contributed by atoms with E-state index in [-0.39, 0.29) is 6.09 Å². The number of carbonyl (C=O) groups excluding carboxylic acids is 1. The second-order valence-corrected chi connectivity index (χ2v) is 6.32. The van der Waals surface area contributed by atoms with Crippen molar-refractivity contribution in [2.75, 3.05) is 13.2 Å². The van der Waals surface area contributed by atoms with Crippen LogP contribution in [0.2, 0.25) is 0 Å². The number of hydrogen-bond acceptors (Lipinski definition) is 3. The highest BCUT2D eigenvalue weighted by Crippen LogP contribution is 2.30. The number of carbonyl (C=O) groups is 1. The van der Waals surface area contributed by atoms with Crippen molar-refractivity contribution in [2.24, 2.45) is 0 Å². The number of ether oxygens (including phenoxy) is 2. The van der Waals surface area contributed by atoms with Crippen LogP contribution in [0.15, 0.2) is 0 Å². The number of piperidine rings is 1. The van der Waals surface area contributed by atoms with Gasteiger partial charge in [-0.15, -0.1) is 0 Å². The van der Waals surface area contributed by atoms with Crippen LogP contribution in [0.4, 0.5) is 4.79 Å². The number of hydrogen-bond donors (Lipinski definition) is 0. The summed E-state index contributed by atoms with van der Waals surface area (Å²) in [7, 11) is 0. The Balaban J connectivity index is 2.09. The first-order valence-corrected chi connectivity index (χ1v) is 7.06. The molecule has 0 aromatic rings. The monoisotopic (exact) mass is 255 g/mol. The predicted octanol–water partition coefficient (Wildman–Crippen LogP) is 2.96. The molecule has 2 unspecified atom stereocenters. The first-order valence-electron chi connectivity index (χ1n) is 7.06. The fourth-order valence-electron chi connectivity index (χ4n) is 2.89. The highest BCUT2D eigenvalue weighted by molar-refractivity contribution is 5.69. The van der Waals surface area contributed by atoms with E-state index in [9.17, 15) is 4.79 Å². The van der Waals surface area contributed by atoms with Gasteiger partial charge < -0.3 is 14.4 Å². The van der Waals surface area contributed by atoms with Crippen LogP contribution in [-0.4, -0.2) is 41.9 Å². The molecule has 0 radical (unpaired) electrons. The maximum Gasteiger partial charge on any atom is 0.410 e. The number of amides is 1. The molecular weight excluding hydrogens is 230 g/mol. The highest BCUT2D eigenvalue weighted by atomic mass is 16.6. The molecular formula is C14H25NO3. The number of nitrogens with zero attached hydrogens (tertiary/aromatic N) is 1. The second kappa shape index (κ2) is 5.47. The summed E-state index contributed by atoms with van der Waals surface area (Å²) in [6.07, 6.45) is 5.12. The fraction of sp³-hybridized carbons (Fsp3) is 0.929. The predicted molar refractivity (Wildman–Crippen MR) is 69.6 cm³/mol. The van der Waals surface area contributed by atoms with Crippen molar-refractivity contribution in [1.82, 2.24) is 4.90 Å². The zero-order valence-electron chi connectivity index (χ0n) is 11.8. The van der Waals surface area contributed by atoms with Gasteiger partial charge in [0.15, 0.2) is 0 Å². The van der Waals surface area contributed by atoms with Crippen molar-refractivity contribution in [2.45, 2.75) is 70.6 Å². The summed E-state index contributed by atoms with van der Waals surface area (Å²) in [6, 6.07) is 0.609. The molecule has 4 heteroatoms. The van der Waals surface area contributed by atoms with E-state index >= 15 is 0 Å². The summed E-state index contributed by atoms with van der Waals surface area (Å²) in [4.78, 5) is 14.4. The van der Waals surface area contributed by atoms with Crippen molar-refractivity contribution in [1.29, 1.82) is 0 Å². The molecule has 2 saturated heterocycles. The Kier molecular flexibility index (Phi) is 4.15. The van der Waals surface area contributed by atoms with Crippen LogP contribution in [0, 0.1) is 0 Å². The Morgan fingerprint density at radius 1 is 1.11 bits per heavy atom. The Labute approximate surface area is 110 Å². The summed E-state index contributed by atoms with van der Waals surface area (Å²) >= 11 is 0. The second-order valence-electron chi connectivity index (χ2n) is 6.32. The molecule has 2 bridgehead atoms. The normalized spacial score (nSPS) is 29.4. The lowest BCUT2D eigenvalue weighted by molar-refractivity contribution is -0.0287. The summed E-state index contributed by atoms with van der Waals surface area (Å²) < 4.78 is 11.1. The van der Waals surface area contributed by atoms with Crippen molar-refractivity contribution < 1.29 is 14.3 Å². The van der Waals surface area contributed by atoms with Gasteiger partial charge in [-0.25, -0.2) is 4.79 Å². The Hall–Kier alpha value is -0.770. The molecule has 0 aromatic heterocycles. The summed E-state index contributed by atoms with van der Waals surface area (Å²) in [5, 5.41) is 0. The zero-order chi connectivity index (χ0) is 13.2.